The van der Waals surface area contributed by atoms with E-state index in [1.165, 1.54) is 5.56 Å². The molecule has 0 spiro atoms. The van der Waals surface area contributed by atoms with Crippen LogP contribution in [0.1, 0.15) is 11.3 Å². The molecule has 1 aliphatic rings. The van der Waals surface area contributed by atoms with Gasteiger partial charge >= 0.3 is 0 Å². The average Bonchev–Trinajstić information content (AvgIpc) is 3.10. The fourth-order valence-corrected chi connectivity index (χ4v) is 2.19. The number of rotatable bonds is 5. The van der Waals surface area contributed by atoms with E-state index in [1.807, 2.05) is 54.6 Å². The Morgan fingerprint density at radius 3 is 2.68 bits per heavy atom. The lowest BCUT2D eigenvalue weighted by Crippen LogP contribution is -1.96. The van der Waals surface area contributed by atoms with Crippen molar-refractivity contribution >= 4 is 6.08 Å². The lowest BCUT2D eigenvalue weighted by atomic mass is 10.0. The summed E-state index contributed by atoms with van der Waals surface area (Å²) in [4.78, 5) is 4.27. The topological polar surface area (TPSA) is 31.4 Å². The molecule has 0 amide bonds. The molecule has 0 fully saturated rings. The molecule has 110 valence electrons. The molecule has 2 aromatic rings. The fraction of sp³-hybridized carbons (Fsp3) is 0.105. The van der Waals surface area contributed by atoms with Gasteiger partial charge in [0.2, 0.25) is 6.79 Å². The Labute approximate surface area is 130 Å². The third-order valence-electron chi connectivity index (χ3n) is 3.28. The van der Waals surface area contributed by atoms with E-state index >= 15 is 0 Å². The monoisotopic (exact) mass is 291 g/mol. The summed E-state index contributed by atoms with van der Waals surface area (Å²) in [5.41, 5.74) is 3.24. The first-order valence-electron chi connectivity index (χ1n) is 7.19. The Balaban J connectivity index is 1.79. The van der Waals surface area contributed by atoms with Crippen LogP contribution in [0, 0.1) is 0 Å². The molecule has 0 aliphatic carbocycles. The maximum Gasteiger partial charge on any atom is 0.230 e. The molecule has 0 radical (unpaired) electrons. The third-order valence-corrected chi connectivity index (χ3v) is 3.28. The Morgan fingerprint density at radius 1 is 1.09 bits per heavy atom. The highest BCUT2D eigenvalue weighted by Gasteiger charge is 2.12. The highest BCUT2D eigenvalue weighted by Crippen LogP contribution is 2.21. The molecular weight excluding hydrogens is 274 g/mol. The Hall–Kier alpha value is -2.81. The number of hydrogen-bond donors (Lipinski definition) is 0. The van der Waals surface area contributed by atoms with Gasteiger partial charge in [0.05, 0.1) is 5.69 Å². The second-order valence-electron chi connectivity index (χ2n) is 4.88. The van der Waals surface area contributed by atoms with Crippen molar-refractivity contribution in [3.63, 3.8) is 0 Å². The van der Waals surface area contributed by atoms with E-state index in [0.29, 0.717) is 0 Å². The third kappa shape index (κ3) is 3.85. The van der Waals surface area contributed by atoms with Crippen molar-refractivity contribution in [1.29, 1.82) is 0 Å². The predicted octanol–water partition coefficient (Wildman–Crippen LogP) is 4.11. The van der Waals surface area contributed by atoms with E-state index in [0.717, 1.165) is 23.4 Å². The van der Waals surface area contributed by atoms with Crippen LogP contribution in [-0.2, 0) is 15.9 Å². The molecule has 3 heteroatoms. The number of hydrogen-bond acceptors (Lipinski definition) is 3. The lowest BCUT2D eigenvalue weighted by molar-refractivity contribution is 0.0829. The van der Waals surface area contributed by atoms with Gasteiger partial charge in [0.25, 0.3) is 0 Å². The molecule has 2 heterocycles. The summed E-state index contributed by atoms with van der Waals surface area (Å²) in [5.74, 6) is 0.787. The molecular formula is C19H17NO2. The van der Waals surface area contributed by atoms with Crippen molar-refractivity contribution < 1.29 is 9.47 Å². The molecule has 1 aliphatic heterocycles. The lowest BCUT2D eigenvalue weighted by Gasteiger charge is -2.07. The molecule has 0 bridgehead atoms. The highest BCUT2D eigenvalue weighted by atomic mass is 16.7. The number of benzene rings is 1. The van der Waals surface area contributed by atoms with Crippen LogP contribution < -0.4 is 0 Å². The molecule has 0 unspecified atom stereocenters. The van der Waals surface area contributed by atoms with Crippen LogP contribution in [0.3, 0.4) is 0 Å². The average molecular weight is 291 g/mol. The predicted molar refractivity (Wildman–Crippen MR) is 86.6 cm³/mol. The van der Waals surface area contributed by atoms with Gasteiger partial charge in [-0.25, -0.2) is 0 Å². The van der Waals surface area contributed by atoms with Crippen molar-refractivity contribution in [2.24, 2.45) is 0 Å². The summed E-state index contributed by atoms with van der Waals surface area (Å²) < 4.78 is 10.7. The van der Waals surface area contributed by atoms with Crippen molar-refractivity contribution in [3.8, 4) is 0 Å². The van der Waals surface area contributed by atoms with Gasteiger partial charge in [0.1, 0.15) is 6.26 Å². The van der Waals surface area contributed by atoms with E-state index in [1.54, 1.807) is 12.5 Å². The summed E-state index contributed by atoms with van der Waals surface area (Å²) in [6, 6.07) is 16.1. The molecule has 0 saturated heterocycles. The minimum atomic E-state index is 0.283. The van der Waals surface area contributed by atoms with Crippen LogP contribution in [0.15, 0.2) is 84.5 Å². The van der Waals surface area contributed by atoms with Crippen LogP contribution in [0.25, 0.3) is 6.08 Å². The quantitative estimate of drug-likeness (QED) is 0.777. The maximum atomic E-state index is 5.51. The zero-order chi connectivity index (χ0) is 15.0. The van der Waals surface area contributed by atoms with E-state index in [4.69, 9.17) is 9.47 Å². The molecule has 0 saturated carbocycles. The largest absolute Gasteiger partial charge is 0.461 e. The first-order valence-corrected chi connectivity index (χ1v) is 7.19. The van der Waals surface area contributed by atoms with Crippen LogP contribution in [0.4, 0.5) is 0 Å². The smallest absolute Gasteiger partial charge is 0.230 e. The van der Waals surface area contributed by atoms with Gasteiger partial charge in [-0.1, -0.05) is 48.6 Å². The van der Waals surface area contributed by atoms with Crippen LogP contribution in [0.2, 0.25) is 0 Å². The first kappa shape index (κ1) is 14.1. The zero-order valence-electron chi connectivity index (χ0n) is 12.2. The normalized spacial score (nSPS) is 14.5. The fourth-order valence-electron chi connectivity index (χ4n) is 2.19. The minimum Gasteiger partial charge on any atom is -0.461 e. The minimum absolute atomic E-state index is 0.283. The number of ether oxygens (including phenoxy) is 2. The number of aromatic nitrogens is 1. The summed E-state index contributed by atoms with van der Waals surface area (Å²) in [7, 11) is 0. The number of allylic oxidation sites excluding steroid dienone is 3. The van der Waals surface area contributed by atoms with Crippen molar-refractivity contribution in [1.82, 2.24) is 4.98 Å². The SMILES string of the molecule is C(=Cc1ccccn1)C=C(Cc1ccccc1)C1=COCO1. The second kappa shape index (κ2) is 7.27. The Bertz CT molecular complexity index is 688. The van der Waals surface area contributed by atoms with Gasteiger partial charge in [-0.3, -0.25) is 4.98 Å². The molecule has 22 heavy (non-hydrogen) atoms. The molecule has 1 aromatic heterocycles. The van der Waals surface area contributed by atoms with Crippen LogP contribution in [0.5, 0.6) is 0 Å². The molecule has 0 atom stereocenters. The zero-order valence-corrected chi connectivity index (χ0v) is 12.2. The standard InChI is InChI=1S/C19H17NO2/c1-2-7-16(8-3-1)13-17(19-14-21-15-22-19)9-6-11-18-10-4-5-12-20-18/h1-12,14H,13,15H2. The van der Waals surface area contributed by atoms with Crippen LogP contribution >= 0.6 is 0 Å². The van der Waals surface area contributed by atoms with Gasteiger partial charge < -0.3 is 9.47 Å². The van der Waals surface area contributed by atoms with Crippen molar-refractivity contribution in [2.45, 2.75) is 6.42 Å². The Morgan fingerprint density at radius 2 is 1.95 bits per heavy atom. The molecule has 0 N–H and O–H groups in total. The van der Waals surface area contributed by atoms with Crippen molar-refractivity contribution in [3.05, 3.63) is 95.7 Å². The van der Waals surface area contributed by atoms with Gasteiger partial charge in [-0.15, -0.1) is 0 Å². The molecule has 3 nitrogen and oxygen atoms in total. The summed E-state index contributed by atoms with van der Waals surface area (Å²) in [6.07, 6.45) is 10.3. The van der Waals surface area contributed by atoms with E-state index in [2.05, 4.69) is 17.1 Å². The van der Waals surface area contributed by atoms with E-state index in [9.17, 15) is 0 Å². The van der Waals surface area contributed by atoms with Crippen molar-refractivity contribution in [2.75, 3.05) is 6.79 Å². The summed E-state index contributed by atoms with van der Waals surface area (Å²) >= 11 is 0. The van der Waals surface area contributed by atoms with E-state index in [-0.39, 0.29) is 6.79 Å². The van der Waals surface area contributed by atoms with E-state index < -0.39 is 0 Å². The van der Waals surface area contributed by atoms with Crippen LogP contribution in [-0.4, -0.2) is 11.8 Å². The first-order chi connectivity index (χ1) is 10.9. The van der Waals surface area contributed by atoms with Gasteiger partial charge in [-0.2, -0.15) is 0 Å². The highest BCUT2D eigenvalue weighted by molar-refractivity contribution is 5.48. The maximum absolute atomic E-state index is 5.51. The summed E-state index contributed by atoms with van der Waals surface area (Å²) in [5, 5.41) is 0. The molecule has 3 rings (SSSR count). The Kier molecular flexibility index (Phi) is 4.67. The second-order valence-corrected chi connectivity index (χ2v) is 4.88. The van der Waals surface area contributed by atoms with Gasteiger partial charge in [0.15, 0.2) is 5.76 Å². The molecule has 1 aromatic carbocycles. The van der Waals surface area contributed by atoms with Gasteiger partial charge in [-0.05, 0) is 23.8 Å². The number of pyridine rings is 1. The summed E-state index contributed by atoms with van der Waals surface area (Å²) in [6.45, 7) is 0.283. The number of nitrogens with zero attached hydrogens (tertiary/aromatic N) is 1. The van der Waals surface area contributed by atoms with Gasteiger partial charge in [0, 0.05) is 18.2 Å².